The van der Waals surface area contributed by atoms with Crippen molar-refractivity contribution in [1.29, 1.82) is 0 Å². The Labute approximate surface area is 123 Å². The van der Waals surface area contributed by atoms with Crippen LogP contribution in [-0.4, -0.2) is 30.7 Å². The van der Waals surface area contributed by atoms with E-state index in [9.17, 15) is 0 Å². The largest absolute Gasteiger partial charge is 0.379 e. The van der Waals surface area contributed by atoms with Crippen LogP contribution in [0.3, 0.4) is 0 Å². The van der Waals surface area contributed by atoms with E-state index in [0.717, 1.165) is 25.2 Å². The fourth-order valence-corrected chi connectivity index (χ4v) is 2.99. The van der Waals surface area contributed by atoms with Gasteiger partial charge >= 0.3 is 0 Å². The highest BCUT2D eigenvalue weighted by molar-refractivity contribution is 8.13. The summed E-state index contributed by atoms with van der Waals surface area (Å²) in [6, 6.07) is 8.57. The Morgan fingerprint density at radius 3 is 2.84 bits per heavy atom. The molecule has 1 aliphatic rings. The van der Waals surface area contributed by atoms with Gasteiger partial charge < -0.3 is 10.5 Å². The molecule has 0 bridgehead atoms. The average molecular weight is 296 g/mol. The van der Waals surface area contributed by atoms with Crippen LogP contribution in [0.4, 0.5) is 0 Å². The summed E-state index contributed by atoms with van der Waals surface area (Å²) >= 11 is 3.35. The summed E-state index contributed by atoms with van der Waals surface area (Å²) in [5.41, 5.74) is 7.18. The monoisotopic (exact) mass is 296 g/mol. The van der Waals surface area contributed by atoms with Crippen LogP contribution in [-0.2, 0) is 10.5 Å². The second kappa shape index (κ2) is 7.82. The van der Waals surface area contributed by atoms with Crippen molar-refractivity contribution in [2.45, 2.75) is 29.6 Å². The normalized spacial score (nSPS) is 19.8. The summed E-state index contributed by atoms with van der Waals surface area (Å²) in [6.07, 6.45) is 4.62. The topological polar surface area (TPSA) is 47.6 Å². The van der Waals surface area contributed by atoms with Gasteiger partial charge in [-0.25, -0.2) is 0 Å². The molecule has 1 aromatic carbocycles. The fraction of sp³-hybridized carbons (Fsp3) is 0.500. The van der Waals surface area contributed by atoms with Crippen LogP contribution >= 0.6 is 23.5 Å². The minimum absolute atomic E-state index is 0.278. The van der Waals surface area contributed by atoms with Crippen molar-refractivity contribution in [3.63, 3.8) is 0 Å². The molecular formula is C14H20N2OS2. The van der Waals surface area contributed by atoms with E-state index in [1.807, 2.05) is 0 Å². The van der Waals surface area contributed by atoms with Gasteiger partial charge in [-0.2, -0.15) is 0 Å². The molecule has 0 unspecified atom stereocenters. The molecule has 1 aliphatic heterocycles. The number of nitrogens with zero attached hydrogens (tertiary/aromatic N) is 1. The summed E-state index contributed by atoms with van der Waals surface area (Å²) in [4.78, 5) is 5.67. The SMILES string of the molecule is CSc1ccc(CSC(N)=NC[C@@H]2CCCO2)cc1. The summed E-state index contributed by atoms with van der Waals surface area (Å²) in [7, 11) is 0. The van der Waals surface area contributed by atoms with E-state index >= 15 is 0 Å². The number of amidine groups is 1. The zero-order valence-corrected chi connectivity index (χ0v) is 12.8. The lowest BCUT2D eigenvalue weighted by Crippen LogP contribution is -2.14. The Morgan fingerprint density at radius 1 is 1.42 bits per heavy atom. The number of ether oxygens (including phenoxy) is 1. The van der Waals surface area contributed by atoms with Gasteiger partial charge in [0.05, 0.1) is 12.6 Å². The summed E-state index contributed by atoms with van der Waals surface area (Å²) in [5, 5.41) is 0.657. The number of aliphatic imine (C=N–C) groups is 1. The minimum Gasteiger partial charge on any atom is -0.379 e. The van der Waals surface area contributed by atoms with Crippen LogP contribution in [0.25, 0.3) is 0 Å². The van der Waals surface area contributed by atoms with E-state index in [1.165, 1.54) is 10.5 Å². The Morgan fingerprint density at radius 2 is 2.21 bits per heavy atom. The molecule has 2 N–H and O–H groups in total. The Balaban J connectivity index is 1.75. The molecule has 0 aromatic heterocycles. The first-order valence-corrected chi connectivity index (χ1v) is 8.66. The molecule has 1 saturated heterocycles. The molecule has 1 fully saturated rings. The van der Waals surface area contributed by atoms with Crippen molar-refractivity contribution < 1.29 is 4.74 Å². The van der Waals surface area contributed by atoms with Gasteiger partial charge in [0, 0.05) is 17.3 Å². The zero-order valence-electron chi connectivity index (χ0n) is 11.2. The van der Waals surface area contributed by atoms with Gasteiger partial charge in [-0.15, -0.1) is 11.8 Å². The number of thioether (sulfide) groups is 2. The van der Waals surface area contributed by atoms with E-state index in [-0.39, 0.29) is 6.10 Å². The van der Waals surface area contributed by atoms with Crippen molar-refractivity contribution in [3.05, 3.63) is 29.8 Å². The van der Waals surface area contributed by atoms with Crippen molar-refractivity contribution in [2.75, 3.05) is 19.4 Å². The van der Waals surface area contributed by atoms with E-state index < -0.39 is 0 Å². The van der Waals surface area contributed by atoms with E-state index in [2.05, 4.69) is 35.5 Å². The highest BCUT2D eigenvalue weighted by atomic mass is 32.2. The van der Waals surface area contributed by atoms with Crippen LogP contribution in [0, 0.1) is 0 Å². The maximum Gasteiger partial charge on any atom is 0.154 e. The Kier molecular flexibility index (Phi) is 6.07. The lowest BCUT2D eigenvalue weighted by Gasteiger charge is -2.06. The number of nitrogens with two attached hydrogens (primary N) is 1. The van der Waals surface area contributed by atoms with Crippen molar-refractivity contribution in [2.24, 2.45) is 10.7 Å². The molecule has 0 radical (unpaired) electrons. The van der Waals surface area contributed by atoms with Crippen LogP contribution in [0.15, 0.2) is 34.2 Å². The molecule has 0 saturated carbocycles. The van der Waals surface area contributed by atoms with Crippen LogP contribution in [0.5, 0.6) is 0 Å². The number of hydrogen-bond acceptors (Lipinski definition) is 4. The summed E-state index contributed by atoms with van der Waals surface area (Å²) in [5.74, 6) is 0.871. The minimum atomic E-state index is 0.278. The summed E-state index contributed by atoms with van der Waals surface area (Å²) < 4.78 is 5.52. The number of rotatable bonds is 5. The predicted octanol–water partition coefficient (Wildman–Crippen LogP) is 3.14. The third kappa shape index (κ3) is 5.09. The van der Waals surface area contributed by atoms with Gasteiger partial charge in [0.25, 0.3) is 0 Å². The first-order valence-electron chi connectivity index (χ1n) is 6.45. The first kappa shape index (κ1) is 14.8. The maximum absolute atomic E-state index is 5.91. The molecule has 0 spiro atoms. The fourth-order valence-electron chi connectivity index (χ4n) is 1.90. The molecule has 104 valence electrons. The highest BCUT2D eigenvalue weighted by Crippen LogP contribution is 2.18. The second-order valence-corrected chi connectivity index (χ2v) is 6.33. The lowest BCUT2D eigenvalue weighted by atomic mass is 10.2. The van der Waals surface area contributed by atoms with Gasteiger partial charge in [-0.1, -0.05) is 23.9 Å². The van der Waals surface area contributed by atoms with Gasteiger partial charge in [0.2, 0.25) is 0 Å². The molecule has 1 aromatic rings. The van der Waals surface area contributed by atoms with E-state index in [1.54, 1.807) is 23.5 Å². The predicted molar refractivity (Wildman–Crippen MR) is 85.0 cm³/mol. The molecule has 5 heteroatoms. The van der Waals surface area contributed by atoms with Gasteiger partial charge in [-0.05, 0) is 36.8 Å². The van der Waals surface area contributed by atoms with E-state index in [4.69, 9.17) is 10.5 Å². The Hall–Kier alpha value is -0.650. The van der Waals surface area contributed by atoms with Gasteiger partial charge in [0.15, 0.2) is 5.17 Å². The van der Waals surface area contributed by atoms with Crippen LogP contribution in [0.1, 0.15) is 18.4 Å². The molecule has 1 heterocycles. The number of benzene rings is 1. The highest BCUT2D eigenvalue weighted by Gasteiger charge is 2.14. The average Bonchev–Trinajstić information content (AvgIpc) is 2.96. The van der Waals surface area contributed by atoms with E-state index in [0.29, 0.717) is 11.7 Å². The van der Waals surface area contributed by atoms with Crippen LogP contribution < -0.4 is 5.73 Å². The third-order valence-electron chi connectivity index (χ3n) is 3.02. The van der Waals surface area contributed by atoms with Gasteiger partial charge in [0.1, 0.15) is 0 Å². The first-order chi connectivity index (χ1) is 9.28. The smallest absolute Gasteiger partial charge is 0.154 e. The summed E-state index contributed by atoms with van der Waals surface area (Å²) in [6.45, 7) is 1.57. The second-order valence-electron chi connectivity index (χ2n) is 4.45. The van der Waals surface area contributed by atoms with Gasteiger partial charge in [-0.3, -0.25) is 4.99 Å². The molecule has 2 rings (SSSR count). The van der Waals surface area contributed by atoms with Crippen molar-refractivity contribution in [1.82, 2.24) is 0 Å². The Bertz CT molecular complexity index is 414. The van der Waals surface area contributed by atoms with Crippen molar-refractivity contribution in [3.8, 4) is 0 Å². The maximum atomic E-state index is 5.91. The quantitative estimate of drug-likeness (QED) is 0.515. The van der Waals surface area contributed by atoms with Crippen LogP contribution in [0.2, 0.25) is 0 Å². The molecule has 3 nitrogen and oxygen atoms in total. The third-order valence-corrected chi connectivity index (χ3v) is 4.67. The standard InChI is InChI=1S/C14H20N2OS2/c1-18-13-6-4-11(5-7-13)10-19-14(15)16-9-12-3-2-8-17-12/h4-7,12H,2-3,8-10H2,1H3,(H2,15,16)/t12-/m0/s1. The lowest BCUT2D eigenvalue weighted by molar-refractivity contribution is 0.118. The molecule has 0 amide bonds. The zero-order chi connectivity index (χ0) is 13.5. The molecule has 1 atom stereocenters. The molecular weight excluding hydrogens is 276 g/mol. The molecule has 0 aliphatic carbocycles. The molecule has 19 heavy (non-hydrogen) atoms. The number of hydrogen-bond donors (Lipinski definition) is 1. The van der Waals surface area contributed by atoms with Crippen molar-refractivity contribution >= 4 is 28.7 Å².